The maximum Gasteiger partial charge on any atom is 0.315 e. The fraction of sp³-hybridized carbons (Fsp3) is 0.750. The number of amides is 1. The molecule has 2 aliphatic carbocycles. The third-order valence-corrected chi connectivity index (χ3v) is 9.19. The van der Waals surface area contributed by atoms with Crippen molar-refractivity contribution in [3.05, 3.63) is 24.2 Å². The Morgan fingerprint density at radius 2 is 2.13 bits per heavy atom. The summed E-state index contributed by atoms with van der Waals surface area (Å²) in [6, 6.07) is 3.46. The lowest BCUT2D eigenvalue weighted by Gasteiger charge is -2.48. The smallest absolute Gasteiger partial charge is 0.315 e. The molecule has 2 saturated carbocycles. The second kappa shape index (κ2) is 6.82. The fourth-order valence-corrected chi connectivity index (χ4v) is 7.56. The molecule has 3 saturated heterocycles. The van der Waals surface area contributed by atoms with Gasteiger partial charge in [-0.3, -0.25) is 9.59 Å². The molecule has 1 aromatic heterocycles. The van der Waals surface area contributed by atoms with E-state index in [1.54, 1.807) is 12.1 Å². The molecule has 0 bridgehead atoms. The number of hydrogen-bond donors (Lipinski definition) is 1. The number of epoxide rings is 1. The number of piperazine rings is 1. The topological polar surface area (TPSA) is 76.7 Å². The van der Waals surface area contributed by atoms with Gasteiger partial charge in [-0.1, -0.05) is 20.3 Å². The molecular weight excluding hydrogens is 396 g/mol. The maximum atomic E-state index is 12.9. The van der Waals surface area contributed by atoms with Crippen LogP contribution in [0.2, 0.25) is 0 Å². The molecule has 1 N–H and O–H groups in total. The average Bonchev–Trinajstić information content (AvgIpc) is 3.13. The summed E-state index contributed by atoms with van der Waals surface area (Å²) < 4.78 is 17.8. The zero-order chi connectivity index (χ0) is 21.4. The number of quaternary nitrogens is 1. The Morgan fingerprint density at radius 3 is 2.87 bits per heavy atom. The van der Waals surface area contributed by atoms with E-state index in [4.69, 9.17) is 13.9 Å². The van der Waals surface area contributed by atoms with E-state index in [1.807, 2.05) is 4.90 Å². The van der Waals surface area contributed by atoms with Crippen molar-refractivity contribution in [3.63, 3.8) is 0 Å². The van der Waals surface area contributed by atoms with Crippen molar-refractivity contribution in [2.45, 2.75) is 57.3 Å². The molecule has 1 spiro atoms. The summed E-state index contributed by atoms with van der Waals surface area (Å²) in [6.07, 6.45) is 6.30. The Labute approximate surface area is 183 Å². The van der Waals surface area contributed by atoms with Crippen molar-refractivity contribution in [3.8, 4) is 0 Å². The summed E-state index contributed by atoms with van der Waals surface area (Å²) in [7, 11) is 0. The first-order chi connectivity index (χ1) is 14.9. The summed E-state index contributed by atoms with van der Waals surface area (Å²) in [5.41, 5.74) is 0.0957. The molecule has 5 fully saturated rings. The lowest BCUT2D eigenvalue weighted by Crippen LogP contribution is -3.15. The van der Waals surface area contributed by atoms with Crippen LogP contribution in [0.15, 0.2) is 22.8 Å². The van der Waals surface area contributed by atoms with Gasteiger partial charge in [-0.15, -0.1) is 0 Å². The Kier molecular flexibility index (Phi) is 4.35. The minimum absolute atomic E-state index is 0.00893. The first-order valence-electron chi connectivity index (χ1n) is 12.0. The number of fused-ring (bicyclic) bond motifs is 2. The first-order valence-corrected chi connectivity index (χ1v) is 12.0. The Morgan fingerprint density at radius 1 is 1.32 bits per heavy atom. The summed E-state index contributed by atoms with van der Waals surface area (Å²) in [4.78, 5) is 28.7. The summed E-state index contributed by atoms with van der Waals surface area (Å²) in [6.45, 7) is 8.54. The van der Waals surface area contributed by atoms with Crippen molar-refractivity contribution in [2.75, 3.05) is 32.7 Å². The number of rotatable bonds is 3. The summed E-state index contributed by atoms with van der Waals surface area (Å²) in [5.74, 6) is 0.977. The van der Waals surface area contributed by atoms with Gasteiger partial charge in [-0.2, -0.15) is 0 Å². The van der Waals surface area contributed by atoms with Gasteiger partial charge in [0.1, 0.15) is 17.6 Å². The van der Waals surface area contributed by atoms with Crippen LogP contribution in [-0.4, -0.2) is 67.3 Å². The van der Waals surface area contributed by atoms with Gasteiger partial charge in [0.25, 0.3) is 5.91 Å². The SMILES string of the molecule is C[C@@H]1CCC[C@]2(C)C[C@H]3OC(=O)[C@@H](C[NH+]4CCN(C(=O)c5ccco5)CC4)[C@H]3[C@@H]3O[C@@]132. The highest BCUT2D eigenvalue weighted by atomic mass is 16.6. The normalized spacial score (nSPS) is 44.3. The Hall–Kier alpha value is -1.86. The van der Waals surface area contributed by atoms with Crippen molar-refractivity contribution < 1.29 is 28.4 Å². The molecule has 3 aliphatic heterocycles. The number of furan rings is 1. The number of esters is 1. The average molecular weight is 430 g/mol. The summed E-state index contributed by atoms with van der Waals surface area (Å²) >= 11 is 0. The molecule has 7 atom stereocenters. The molecular formula is C24H33N2O5+. The predicted molar refractivity (Wildman–Crippen MR) is 110 cm³/mol. The van der Waals surface area contributed by atoms with Crippen LogP contribution in [0.1, 0.15) is 50.1 Å². The number of ether oxygens (including phenoxy) is 2. The van der Waals surface area contributed by atoms with Crippen molar-refractivity contribution in [1.29, 1.82) is 0 Å². The molecule has 31 heavy (non-hydrogen) atoms. The molecule has 7 nitrogen and oxygen atoms in total. The molecule has 7 heteroatoms. The van der Waals surface area contributed by atoms with Crippen LogP contribution in [0.25, 0.3) is 0 Å². The second-order valence-electron chi connectivity index (χ2n) is 10.8. The first kappa shape index (κ1) is 19.8. The van der Waals surface area contributed by atoms with Crippen LogP contribution in [0.5, 0.6) is 0 Å². The molecule has 0 unspecified atom stereocenters. The van der Waals surface area contributed by atoms with E-state index in [2.05, 4.69) is 13.8 Å². The van der Waals surface area contributed by atoms with Gasteiger partial charge < -0.3 is 23.7 Å². The van der Waals surface area contributed by atoms with Crippen LogP contribution in [0, 0.1) is 23.2 Å². The third-order valence-electron chi connectivity index (χ3n) is 9.19. The van der Waals surface area contributed by atoms with Crippen LogP contribution in [0.3, 0.4) is 0 Å². The van der Waals surface area contributed by atoms with Gasteiger partial charge in [0.05, 0.1) is 45.1 Å². The fourth-order valence-electron chi connectivity index (χ4n) is 7.56. The van der Waals surface area contributed by atoms with E-state index in [0.717, 1.165) is 26.1 Å². The van der Waals surface area contributed by atoms with E-state index >= 15 is 0 Å². The van der Waals surface area contributed by atoms with Crippen molar-refractivity contribution in [1.82, 2.24) is 4.90 Å². The molecule has 0 radical (unpaired) electrons. The van der Waals surface area contributed by atoms with Crippen molar-refractivity contribution in [2.24, 2.45) is 23.2 Å². The van der Waals surface area contributed by atoms with Gasteiger partial charge in [-0.25, -0.2) is 0 Å². The lowest BCUT2D eigenvalue weighted by molar-refractivity contribution is -0.906. The van der Waals surface area contributed by atoms with Gasteiger partial charge >= 0.3 is 5.97 Å². The molecule has 0 aromatic carbocycles. The van der Waals surface area contributed by atoms with Crippen LogP contribution in [-0.2, 0) is 14.3 Å². The largest absolute Gasteiger partial charge is 0.462 e. The third kappa shape index (κ3) is 2.78. The van der Waals surface area contributed by atoms with E-state index < -0.39 is 0 Å². The van der Waals surface area contributed by atoms with E-state index in [0.29, 0.717) is 24.8 Å². The van der Waals surface area contributed by atoms with Gasteiger partial charge in [0.15, 0.2) is 5.76 Å². The highest BCUT2D eigenvalue weighted by Crippen LogP contribution is 2.70. The number of nitrogens with zero attached hydrogens (tertiary/aromatic N) is 1. The predicted octanol–water partition coefficient (Wildman–Crippen LogP) is 1.15. The lowest BCUT2D eigenvalue weighted by atomic mass is 9.53. The quantitative estimate of drug-likeness (QED) is 0.576. The number of carbonyl (C=O) groups is 2. The number of hydrogen-bond acceptors (Lipinski definition) is 5. The van der Waals surface area contributed by atoms with Gasteiger partial charge in [0, 0.05) is 11.3 Å². The van der Waals surface area contributed by atoms with Gasteiger partial charge in [0.2, 0.25) is 0 Å². The zero-order valence-corrected chi connectivity index (χ0v) is 18.5. The molecule has 1 aromatic rings. The highest BCUT2D eigenvalue weighted by Gasteiger charge is 2.78. The molecule has 168 valence electrons. The minimum atomic E-state index is -0.0876. The maximum absolute atomic E-state index is 12.9. The molecule has 5 aliphatic rings. The summed E-state index contributed by atoms with van der Waals surface area (Å²) in [5, 5.41) is 0. The molecule has 1 amide bonds. The monoisotopic (exact) mass is 429 g/mol. The van der Waals surface area contributed by atoms with Gasteiger partial charge in [-0.05, 0) is 37.3 Å². The van der Waals surface area contributed by atoms with E-state index in [1.165, 1.54) is 30.4 Å². The van der Waals surface area contributed by atoms with E-state index in [-0.39, 0.29) is 46.9 Å². The number of carbonyl (C=O) groups excluding carboxylic acids is 2. The number of nitrogens with one attached hydrogen (secondary N) is 1. The minimum Gasteiger partial charge on any atom is -0.462 e. The van der Waals surface area contributed by atoms with Crippen LogP contribution in [0.4, 0.5) is 0 Å². The zero-order valence-electron chi connectivity index (χ0n) is 18.5. The molecule has 6 rings (SSSR count). The standard InChI is InChI=1S/C24H32N2O5/c1-15-5-3-7-23(2)13-18-19(20-24(15,23)31-20)16(22(28)30-18)14-25-8-10-26(11-9-25)21(27)17-6-4-12-29-17/h4,6,12,15-16,18-20H,3,5,7-11,13-14H2,1-2H3/p+1/t15-,16+,18-,19-,20+,23-,24+/m1/s1. The second-order valence-corrected chi connectivity index (χ2v) is 10.8. The Balaban J connectivity index is 1.13. The van der Waals surface area contributed by atoms with E-state index in [9.17, 15) is 9.59 Å². The van der Waals surface area contributed by atoms with Crippen molar-refractivity contribution >= 4 is 11.9 Å². The Bertz CT molecular complexity index is 879. The molecule has 4 heterocycles. The highest BCUT2D eigenvalue weighted by molar-refractivity contribution is 5.91. The van der Waals surface area contributed by atoms with Crippen LogP contribution >= 0.6 is 0 Å². The van der Waals surface area contributed by atoms with Crippen LogP contribution < -0.4 is 4.90 Å².